The van der Waals surface area contributed by atoms with Crippen molar-refractivity contribution < 1.29 is 23.1 Å². The molecule has 1 fully saturated rings. The molecule has 0 aliphatic heterocycles. The van der Waals surface area contributed by atoms with E-state index in [4.69, 9.17) is 5.11 Å². The third kappa shape index (κ3) is 5.77. The lowest BCUT2D eigenvalue weighted by atomic mass is 9.70. The second-order valence-corrected chi connectivity index (χ2v) is 8.06. The van der Waals surface area contributed by atoms with E-state index in [2.05, 4.69) is 17.6 Å². The summed E-state index contributed by atoms with van der Waals surface area (Å²) in [5.74, 6) is -1.51. The van der Waals surface area contributed by atoms with E-state index in [1.807, 2.05) is 0 Å². The smallest absolute Gasteiger partial charge is 0.326 e. The zero-order chi connectivity index (χ0) is 15.4. The molecule has 2 amide bonds. The molecule has 0 heterocycles. The van der Waals surface area contributed by atoms with Crippen molar-refractivity contribution in [3.8, 4) is 0 Å². The molecule has 0 aromatic carbocycles. The van der Waals surface area contributed by atoms with Crippen molar-refractivity contribution in [1.82, 2.24) is 10.6 Å². The molecular weight excluding hydrogens is 284 g/mol. The first-order chi connectivity index (χ1) is 9.11. The van der Waals surface area contributed by atoms with Gasteiger partial charge in [0.2, 0.25) is 0 Å². The highest BCUT2D eigenvalue weighted by Gasteiger charge is 2.32. The van der Waals surface area contributed by atoms with Crippen LogP contribution in [0.4, 0.5) is 4.79 Å². The maximum Gasteiger partial charge on any atom is 0.326 e. The van der Waals surface area contributed by atoms with Gasteiger partial charge in [0.1, 0.15) is 15.9 Å². The fraction of sp³-hybridized carbons (Fsp3) is 0.833. The second-order valence-electron chi connectivity index (χ2n) is 5.80. The molecule has 1 unspecified atom stereocenters. The zero-order valence-electron chi connectivity index (χ0n) is 11.8. The van der Waals surface area contributed by atoms with Gasteiger partial charge in [-0.05, 0) is 24.7 Å². The Hall–Kier alpha value is -1.31. The predicted molar refractivity (Wildman–Crippen MR) is 74.2 cm³/mol. The van der Waals surface area contributed by atoms with Crippen LogP contribution in [0, 0.1) is 5.41 Å². The molecule has 8 heteroatoms. The molecule has 1 aliphatic carbocycles. The minimum atomic E-state index is -3.25. The Bertz CT molecular complexity index is 470. The number of carbonyl (C=O) groups excluding carboxylic acids is 1. The topological polar surface area (TPSA) is 113 Å². The number of aliphatic carboxylic acids is 1. The number of carboxylic acid groups (broad SMARTS) is 1. The van der Waals surface area contributed by atoms with Crippen molar-refractivity contribution in [1.29, 1.82) is 0 Å². The summed E-state index contributed by atoms with van der Waals surface area (Å²) < 4.78 is 22.1. The molecule has 0 aromatic rings. The molecule has 0 aromatic heterocycles. The quantitative estimate of drug-likeness (QED) is 0.629. The third-order valence-electron chi connectivity index (χ3n) is 3.62. The number of sulfone groups is 1. The van der Waals surface area contributed by atoms with Gasteiger partial charge in [0.15, 0.2) is 0 Å². The van der Waals surface area contributed by atoms with Crippen LogP contribution in [0.3, 0.4) is 0 Å². The molecule has 7 nitrogen and oxygen atoms in total. The van der Waals surface area contributed by atoms with Crippen LogP contribution in [-0.2, 0) is 14.6 Å². The lowest BCUT2D eigenvalue weighted by molar-refractivity contribution is -0.139. The number of hydrogen-bond acceptors (Lipinski definition) is 4. The Kier molecular flexibility index (Phi) is 5.38. The van der Waals surface area contributed by atoms with E-state index < -0.39 is 27.9 Å². The molecular formula is C12H22N2O5S. The first-order valence-electron chi connectivity index (χ1n) is 6.56. The van der Waals surface area contributed by atoms with Gasteiger partial charge in [0.05, 0.1) is 5.75 Å². The van der Waals surface area contributed by atoms with Gasteiger partial charge < -0.3 is 15.7 Å². The van der Waals surface area contributed by atoms with Crippen molar-refractivity contribution in [3.05, 3.63) is 0 Å². The molecule has 20 heavy (non-hydrogen) atoms. The molecule has 3 N–H and O–H groups in total. The standard InChI is InChI=1S/C12H22N2O5S/c1-12(5-3-6-12)8-13-11(17)14-9(10(15)16)4-7-20(2,18)19/h9H,3-8H2,1-2H3,(H,15,16)(H2,13,14,17). The Morgan fingerprint density at radius 3 is 2.35 bits per heavy atom. The predicted octanol–water partition coefficient (Wildman–Crippen LogP) is 0.364. The average Bonchev–Trinajstić information content (AvgIpc) is 2.27. The fourth-order valence-electron chi connectivity index (χ4n) is 2.05. The normalized spacial score (nSPS) is 18.7. The van der Waals surface area contributed by atoms with E-state index in [-0.39, 0.29) is 17.6 Å². The van der Waals surface area contributed by atoms with Gasteiger partial charge in [-0.25, -0.2) is 18.0 Å². The minimum absolute atomic E-state index is 0.100. The van der Waals surface area contributed by atoms with E-state index in [1.54, 1.807) is 0 Å². The van der Waals surface area contributed by atoms with Gasteiger partial charge in [-0.3, -0.25) is 0 Å². The van der Waals surface area contributed by atoms with Crippen LogP contribution in [-0.4, -0.2) is 50.1 Å². The number of hydrogen-bond donors (Lipinski definition) is 3. The van der Waals surface area contributed by atoms with Crippen molar-refractivity contribution in [2.45, 2.75) is 38.6 Å². The van der Waals surface area contributed by atoms with Crippen molar-refractivity contribution in [3.63, 3.8) is 0 Å². The first-order valence-corrected chi connectivity index (χ1v) is 8.62. The van der Waals surface area contributed by atoms with Crippen LogP contribution in [0.5, 0.6) is 0 Å². The van der Waals surface area contributed by atoms with Gasteiger partial charge in [0.25, 0.3) is 0 Å². The molecule has 1 atom stereocenters. The van der Waals surface area contributed by atoms with E-state index in [0.717, 1.165) is 25.5 Å². The first kappa shape index (κ1) is 16.7. The molecule has 1 aliphatic rings. The number of amides is 2. The Morgan fingerprint density at radius 1 is 1.35 bits per heavy atom. The molecule has 116 valence electrons. The number of urea groups is 1. The average molecular weight is 306 g/mol. The largest absolute Gasteiger partial charge is 0.480 e. The summed E-state index contributed by atoms with van der Waals surface area (Å²) in [5, 5.41) is 13.9. The van der Waals surface area contributed by atoms with Crippen LogP contribution >= 0.6 is 0 Å². The van der Waals surface area contributed by atoms with Crippen molar-refractivity contribution in [2.75, 3.05) is 18.6 Å². The van der Waals surface area contributed by atoms with Crippen LogP contribution in [0.25, 0.3) is 0 Å². The fourth-order valence-corrected chi connectivity index (χ4v) is 2.71. The minimum Gasteiger partial charge on any atom is -0.480 e. The van der Waals surface area contributed by atoms with Crippen molar-refractivity contribution in [2.24, 2.45) is 5.41 Å². The Morgan fingerprint density at radius 2 is 1.95 bits per heavy atom. The van der Waals surface area contributed by atoms with E-state index in [1.165, 1.54) is 0 Å². The van der Waals surface area contributed by atoms with Crippen molar-refractivity contribution >= 4 is 21.8 Å². The molecule has 0 spiro atoms. The van der Waals surface area contributed by atoms with Gasteiger partial charge in [-0.1, -0.05) is 13.3 Å². The van der Waals surface area contributed by atoms with Gasteiger partial charge in [0, 0.05) is 12.8 Å². The highest BCUT2D eigenvalue weighted by atomic mass is 32.2. The Balaban J connectivity index is 2.40. The maximum atomic E-state index is 11.6. The molecule has 1 rings (SSSR count). The van der Waals surface area contributed by atoms with Gasteiger partial charge >= 0.3 is 12.0 Å². The summed E-state index contributed by atoms with van der Waals surface area (Å²) in [6, 6.07) is -1.77. The van der Waals surface area contributed by atoms with Crippen LogP contribution in [0.1, 0.15) is 32.6 Å². The molecule has 1 saturated carbocycles. The molecule has 0 radical (unpaired) electrons. The highest BCUT2D eigenvalue weighted by Crippen LogP contribution is 2.39. The summed E-state index contributed by atoms with van der Waals surface area (Å²) in [5.41, 5.74) is 0.100. The van der Waals surface area contributed by atoms with E-state index in [9.17, 15) is 18.0 Å². The number of carbonyl (C=O) groups is 2. The summed E-state index contributed by atoms with van der Waals surface area (Å²) in [7, 11) is -3.25. The maximum absolute atomic E-state index is 11.6. The summed E-state index contributed by atoms with van der Waals surface area (Å²) in [6.07, 6.45) is 4.13. The number of nitrogens with one attached hydrogen (secondary N) is 2. The number of carboxylic acids is 1. The van der Waals surface area contributed by atoms with Crippen LogP contribution in [0.15, 0.2) is 0 Å². The summed E-state index contributed by atoms with van der Waals surface area (Å²) in [4.78, 5) is 22.6. The lowest BCUT2D eigenvalue weighted by Gasteiger charge is -2.38. The summed E-state index contributed by atoms with van der Waals surface area (Å²) >= 11 is 0. The van der Waals surface area contributed by atoms with Crippen LogP contribution < -0.4 is 10.6 Å². The third-order valence-corrected chi connectivity index (χ3v) is 4.59. The number of rotatable bonds is 7. The van der Waals surface area contributed by atoms with Gasteiger partial charge in [-0.2, -0.15) is 0 Å². The van der Waals surface area contributed by atoms with E-state index in [0.29, 0.717) is 6.54 Å². The van der Waals surface area contributed by atoms with E-state index >= 15 is 0 Å². The zero-order valence-corrected chi connectivity index (χ0v) is 12.6. The SMILES string of the molecule is CC1(CNC(=O)NC(CCS(C)(=O)=O)C(=O)O)CCC1. The summed E-state index contributed by atoms with van der Waals surface area (Å²) in [6.45, 7) is 2.56. The van der Waals surface area contributed by atoms with Gasteiger partial charge in [-0.15, -0.1) is 0 Å². The molecule has 0 bridgehead atoms. The monoisotopic (exact) mass is 306 g/mol. The lowest BCUT2D eigenvalue weighted by Crippen LogP contribution is -2.49. The highest BCUT2D eigenvalue weighted by molar-refractivity contribution is 7.90. The Labute approximate surface area is 119 Å². The van der Waals surface area contributed by atoms with Crippen LogP contribution in [0.2, 0.25) is 0 Å². The molecule has 0 saturated heterocycles. The second kappa shape index (κ2) is 6.43.